The van der Waals surface area contributed by atoms with Crippen molar-refractivity contribution in [3.63, 3.8) is 0 Å². The number of hydrogen-bond acceptors (Lipinski definition) is 4. The van der Waals surface area contributed by atoms with E-state index in [-0.39, 0.29) is 11.7 Å². The molecule has 2 aromatic heterocycles. The quantitative estimate of drug-likeness (QED) is 0.716. The molecule has 0 bridgehead atoms. The standard InChI is InChI=1S/C18H20FN3O2S/c1-11(2)10-24-12(3)17(23)21-16-15(13-4-6-14(19)7-5-13)20-18-22(16)8-9-25-18/h4-9,11-12H,10H2,1-3H3,(H,21,23). The number of nitrogens with one attached hydrogen (secondary N) is 1. The van der Waals surface area contributed by atoms with Crippen LogP contribution in [0.1, 0.15) is 20.8 Å². The van der Waals surface area contributed by atoms with Crippen LogP contribution in [0, 0.1) is 11.7 Å². The lowest BCUT2D eigenvalue weighted by atomic mass is 10.1. The number of thiazole rings is 1. The average Bonchev–Trinajstić information content (AvgIpc) is 3.16. The first-order chi connectivity index (χ1) is 12.0. The number of halogens is 1. The Bertz CT molecular complexity index is 870. The van der Waals surface area contributed by atoms with E-state index in [1.54, 1.807) is 19.1 Å². The number of amides is 1. The van der Waals surface area contributed by atoms with Crippen molar-refractivity contribution in [2.75, 3.05) is 11.9 Å². The van der Waals surface area contributed by atoms with Crippen LogP contribution in [0.5, 0.6) is 0 Å². The molecule has 0 fully saturated rings. The van der Waals surface area contributed by atoms with E-state index < -0.39 is 6.10 Å². The molecule has 25 heavy (non-hydrogen) atoms. The van der Waals surface area contributed by atoms with Crippen molar-refractivity contribution in [1.82, 2.24) is 9.38 Å². The summed E-state index contributed by atoms with van der Waals surface area (Å²) in [5, 5.41) is 4.80. The second-order valence-corrected chi connectivity index (χ2v) is 7.10. The lowest BCUT2D eigenvalue weighted by Crippen LogP contribution is -2.29. The van der Waals surface area contributed by atoms with Gasteiger partial charge in [0.25, 0.3) is 5.91 Å². The molecule has 1 atom stereocenters. The van der Waals surface area contributed by atoms with Crippen molar-refractivity contribution in [1.29, 1.82) is 0 Å². The topological polar surface area (TPSA) is 55.6 Å². The third-order valence-corrected chi connectivity index (χ3v) is 4.43. The van der Waals surface area contributed by atoms with Gasteiger partial charge >= 0.3 is 0 Å². The summed E-state index contributed by atoms with van der Waals surface area (Å²) in [5.74, 6) is 0.361. The maximum Gasteiger partial charge on any atom is 0.254 e. The van der Waals surface area contributed by atoms with Crippen LogP contribution in [0.15, 0.2) is 35.8 Å². The van der Waals surface area contributed by atoms with Gasteiger partial charge in [-0.25, -0.2) is 9.37 Å². The van der Waals surface area contributed by atoms with Crippen LogP contribution in [0.4, 0.5) is 10.2 Å². The normalized spacial score (nSPS) is 12.7. The van der Waals surface area contributed by atoms with Gasteiger partial charge in [0.1, 0.15) is 23.4 Å². The van der Waals surface area contributed by atoms with Crippen LogP contribution >= 0.6 is 11.3 Å². The number of fused-ring (bicyclic) bond motifs is 1. The maximum absolute atomic E-state index is 13.2. The molecule has 2 heterocycles. The van der Waals surface area contributed by atoms with Gasteiger partial charge in [0.2, 0.25) is 0 Å². The SMILES string of the molecule is CC(C)COC(C)C(=O)Nc1c(-c2ccc(F)cc2)nc2sccn12. The molecule has 3 aromatic rings. The maximum atomic E-state index is 13.2. The molecule has 0 aliphatic carbocycles. The number of anilines is 1. The van der Waals surface area contributed by atoms with Gasteiger partial charge in [-0.05, 0) is 37.1 Å². The molecule has 132 valence electrons. The van der Waals surface area contributed by atoms with Crippen LogP contribution < -0.4 is 5.32 Å². The van der Waals surface area contributed by atoms with E-state index in [4.69, 9.17) is 4.74 Å². The third-order valence-electron chi connectivity index (χ3n) is 3.67. The highest BCUT2D eigenvalue weighted by Crippen LogP contribution is 2.31. The van der Waals surface area contributed by atoms with Gasteiger partial charge in [-0.15, -0.1) is 11.3 Å². The van der Waals surface area contributed by atoms with Crippen LogP contribution in [-0.2, 0) is 9.53 Å². The van der Waals surface area contributed by atoms with Crippen molar-refractivity contribution in [2.24, 2.45) is 5.92 Å². The number of benzene rings is 1. The molecule has 1 N–H and O–H groups in total. The van der Waals surface area contributed by atoms with Gasteiger partial charge in [-0.2, -0.15) is 0 Å². The Morgan fingerprint density at radius 2 is 2.04 bits per heavy atom. The molecule has 1 amide bonds. The van der Waals surface area contributed by atoms with E-state index in [0.717, 1.165) is 10.5 Å². The number of carbonyl (C=O) groups is 1. The van der Waals surface area contributed by atoms with Crippen LogP contribution in [0.3, 0.4) is 0 Å². The lowest BCUT2D eigenvalue weighted by molar-refractivity contribution is -0.126. The fraction of sp³-hybridized carbons (Fsp3) is 0.333. The monoisotopic (exact) mass is 361 g/mol. The summed E-state index contributed by atoms with van der Waals surface area (Å²) in [7, 11) is 0. The summed E-state index contributed by atoms with van der Waals surface area (Å²) >= 11 is 1.47. The van der Waals surface area contributed by atoms with E-state index in [1.807, 2.05) is 29.8 Å². The molecule has 1 aromatic carbocycles. The highest BCUT2D eigenvalue weighted by atomic mass is 32.1. The molecule has 7 heteroatoms. The number of aromatic nitrogens is 2. The molecule has 0 aliphatic rings. The molecular formula is C18H20FN3O2S. The molecule has 0 aliphatic heterocycles. The molecule has 0 saturated carbocycles. The lowest BCUT2D eigenvalue weighted by Gasteiger charge is -2.15. The third kappa shape index (κ3) is 3.88. The summed E-state index contributed by atoms with van der Waals surface area (Å²) < 4.78 is 20.6. The number of rotatable bonds is 6. The molecule has 0 saturated heterocycles. The zero-order valence-electron chi connectivity index (χ0n) is 14.3. The van der Waals surface area contributed by atoms with E-state index in [1.165, 1.54) is 23.5 Å². The predicted molar refractivity (Wildman–Crippen MR) is 97.3 cm³/mol. The minimum absolute atomic E-state index is 0.239. The average molecular weight is 361 g/mol. The van der Waals surface area contributed by atoms with Crippen molar-refractivity contribution in [2.45, 2.75) is 26.9 Å². The van der Waals surface area contributed by atoms with Gasteiger partial charge < -0.3 is 10.1 Å². The van der Waals surface area contributed by atoms with Gasteiger partial charge in [-0.3, -0.25) is 9.20 Å². The second kappa shape index (κ2) is 7.33. The first-order valence-electron chi connectivity index (χ1n) is 8.09. The largest absolute Gasteiger partial charge is 0.368 e. The zero-order chi connectivity index (χ0) is 18.0. The number of ether oxygens (including phenoxy) is 1. The molecule has 1 unspecified atom stereocenters. The summed E-state index contributed by atoms with van der Waals surface area (Å²) in [4.78, 5) is 17.8. The highest BCUT2D eigenvalue weighted by molar-refractivity contribution is 7.15. The molecule has 3 rings (SSSR count). The Morgan fingerprint density at radius 3 is 2.72 bits per heavy atom. The molecular weight excluding hydrogens is 341 g/mol. The Labute approximate surface area is 149 Å². The highest BCUT2D eigenvalue weighted by Gasteiger charge is 2.21. The van der Waals surface area contributed by atoms with Gasteiger partial charge in [0.05, 0.1) is 0 Å². The Kier molecular flexibility index (Phi) is 5.15. The first kappa shape index (κ1) is 17.6. The Balaban J connectivity index is 1.89. The number of hydrogen-bond donors (Lipinski definition) is 1. The van der Waals surface area contributed by atoms with Gasteiger partial charge in [-0.1, -0.05) is 13.8 Å². The van der Waals surface area contributed by atoms with E-state index in [9.17, 15) is 9.18 Å². The summed E-state index contributed by atoms with van der Waals surface area (Å²) in [6.07, 6.45) is 1.27. The fourth-order valence-corrected chi connectivity index (χ4v) is 3.06. The predicted octanol–water partition coefficient (Wildman–Crippen LogP) is 4.20. The number of nitrogens with zero attached hydrogens (tertiary/aromatic N) is 2. The van der Waals surface area contributed by atoms with Crippen molar-refractivity contribution < 1.29 is 13.9 Å². The van der Waals surface area contributed by atoms with Crippen LogP contribution in [0.2, 0.25) is 0 Å². The minimum atomic E-state index is -0.576. The first-order valence-corrected chi connectivity index (χ1v) is 8.97. The Hall–Kier alpha value is -2.25. The van der Waals surface area contributed by atoms with Crippen molar-refractivity contribution in [3.05, 3.63) is 41.7 Å². The van der Waals surface area contributed by atoms with Gasteiger partial charge in [0, 0.05) is 23.7 Å². The summed E-state index contributed by atoms with van der Waals surface area (Å²) in [5.41, 5.74) is 1.35. The smallest absolute Gasteiger partial charge is 0.254 e. The summed E-state index contributed by atoms with van der Waals surface area (Å²) in [6.45, 7) is 6.30. The molecule has 5 nitrogen and oxygen atoms in total. The zero-order valence-corrected chi connectivity index (χ0v) is 15.1. The fourth-order valence-electron chi connectivity index (χ4n) is 2.35. The molecule has 0 spiro atoms. The van der Waals surface area contributed by atoms with E-state index >= 15 is 0 Å². The second-order valence-electron chi connectivity index (χ2n) is 6.23. The van der Waals surface area contributed by atoms with E-state index in [2.05, 4.69) is 10.3 Å². The number of imidazole rings is 1. The minimum Gasteiger partial charge on any atom is -0.368 e. The summed E-state index contributed by atoms with van der Waals surface area (Å²) in [6, 6.07) is 6.05. The molecule has 0 radical (unpaired) electrons. The van der Waals surface area contributed by atoms with Crippen LogP contribution in [0.25, 0.3) is 16.2 Å². The van der Waals surface area contributed by atoms with Crippen LogP contribution in [-0.4, -0.2) is 28.0 Å². The van der Waals surface area contributed by atoms with Crippen molar-refractivity contribution in [3.8, 4) is 11.3 Å². The Morgan fingerprint density at radius 1 is 1.32 bits per heavy atom. The number of carbonyl (C=O) groups excluding carboxylic acids is 1. The van der Waals surface area contributed by atoms with Gasteiger partial charge in [0.15, 0.2) is 4.96 Å². The van der Waals surface area contributed by atoms with E-state index in [0.29, 0.717) is 24.0 Å². The van der Waals surface area contributed by atoms with Crippen molar-refractivity contribution >= 4 is 28.0 Å².